The van der Waals surface area contributed by atoms with Crippen LogP contribution in [0.1, 0.15) is 87.7 Å². The van der Waals surface area contributed by atoms with Crippen molar-refractivity contribution in [2.24, 2.45) is 17.8 Å². The van der Waals surface area contributed by atoms with E-state index < -0.39 is 14.4 Å². The molecule has 0 saturated heterocycles. The predicted molar refractivity (Wildman–Crippen MR) is 156 cm³/mol. The average molecular weight is 557 g/mol. The number of hydrogen-bond acceptors (Lipinski definition) is 5. The monoisotopic (exact) mass is 556 g/mol. The van der Waals surface area contributed by atoms with Crippen molar-refractivity contribution >= 4 is 37.2 Å². The molecular weight excluding hydrogens is 508 g/mol. The number of carbonyl (C=O) groups excluding carboxylic acids is 1. The number of esters is 1. The molecule has 6 atom stereocenters. The summed E-state index contributed by atoms with van der Waals surface area (Å²) in [5, 5.41) is 11.5. The Morgan fingerprint density at radius 2 is 2.00 bits per heavy atom. The molecule has 0 aromatic carbocycles. The molecule has 1 aliphatic carbocycles. The summed E-state index contributed by atoms with van der Waals surface area (Å²) in [6, 6.07) is 3.88. The van der Waals surface area contributed by atoms with Crippen LogP contribution in [0.5, 0.6) is 0 Å². The zero-order valence-corrected chi connectivity index (χ0v) is 26.3. The molecule has 2 rings (SSSR count). The van der Waals surface area contributed by atoms with Gasteiger partial charge in [-0.3, -0.25) is 0 Å². The van der Waals surface area contributed by atoms with Crippen molar-refractivity contribution < 1.29 is 19.1 Å². The van der Waals surface area contributed by atoms with E-state index in [9.17, 15) is 9.90 Å². The Hall–Kier alpha value is -0.663. The third kappa shape index (κ3) is 8.69. The van der Waals surface area contributed by atoms with E-state index in [0.717, 1.165) is 44.9 Å². The van der Waals surface area contributed by atoms with Crippen LogP contribution in [0.3, 0.4) is 0 Å². The molecule has 36 heavy (non-hydrogen) atoms. The van der Waals surface area contributed by atoms with Crippen LogP contribution < -0.4 is 0 Å². The topological polar surface area (TPSA) is 55.8 Å². The van der Waals surface area contributed by atoms with Crippen LogP contribution in [-0.2, 0) is 15.6 Å². The Bertz CT molecular complexity index is 847. The summed E-state index contributed by atoms with van der Waals surface area (Å²) in [4.78, 5) is 13.6. The molecule has 1 saturated carbocycles. The van der Waals surface area contributed by atoms with Crippen molar-refractivity contribution in [3.05, 3.63) is 34.0 Å². The minimum Gasteiger partial charge on any atom is -0.465 e. The number of aliphatic hydroxyl groups excluding tert-OH is 1. The highest BCUT2D eigenvalue weighted by Crippen LogP contribution is 2.44. The molecule has 4 nitrogen and oxygen atoms in total. The van der Waals surface area contributed by atoms with Gasteiger partial charge in [0.25, 0.3) is 0 Å². The molecule has 7 heteroatoms. The smallest absolute Gasteiger partial charge is 0.348 e. The first-order valence-corrected chi connectivity index (χ1v) is 17.8. The number of aryl methyl sites for hydroxylation is 1. The van der Waals surface area contributed by atoms with Gasteiger partial charge >= 0.3 is 5.97 Å². The largest absolute Gasteiger partial charge is 0.465 e. The Labute approximate surface area is 229 Å². The van der Waals surface area contributed by atoms with Crippen LogP contribution in [0.4, 0.5) is 0 Å². The molecule has 1 aliphatic rings. The Kier molecular flexibility index (Phi) is 12.2. The molecule has 1 heterocycles. The van der Waals surface area contributed by atoms with E-state index in [0.29, 0.717) is 22.6 Å². The summed E-state index contributed by atoms with van der Waals surface area (Å²) in [5.41, 5.74) is 0. The maximum absolute atomic E-state index is 11.7. The maximum Gasteiger partial charge on any atom is 0.348 e. The lowest BCUT2D eigenvalue weighted by Crippen LogP contribution is -2.46. The quantitative estimate of drug-likeness (QED) is 0.115. The van der Waals surface area contributed by atoms with Gasteiger partial charge in [0.1, 0.15) is 4.88 Å². The van der Waals surface area contributed by atoms with Crippen molar-refractivity contribution in [1.82, 2.24) is 0 Å². The lowest BCUT2D eigenvalue weighted by molar-refractivity contribution is 0.0493. The number of rotatable bonds is 13. The highest BCUT2D eigenvalue weighted by Gasteiger charge is 2.41. The van der Waals surface area contributed by atoms with Crippen LogP contribution in [0.15, 0.2) is 24.3 Å². The van der Waals surface area contributed by atoms with Gasteiger partial charge in [0, 0.05) is 10.3 Å². The Morgan fingerprint density at radius 1 is 1.31 bits per heavy atom. The summed E-state index contributed by atoms with van der Waals surface area (Å²) in [5.74, 6) is 0.968. The van der Waals surface area contributed by atoms with E-state index in [-0.39, 0.29) is 22.5 Å². The highest BCUT2D eigenvalue weighted by molar-refractivity contribution is 7.13. The second kappa shape index (κ2) is 13.9. The molecule has 0 spiro atoms. The van der Waals surface area contributed by atoms with Crippen LogP contribution in [-0.4, -0.2) is 44.1 Å². The van der Waals surface area contributed by atoms with E-state index in [1.165, 1.54) is 23.3 Å². The van der Waals surface area contributed by atoms with Crippen LogP contribution in [0, 0.1) is 17.8 Å². The molecule has 0 bridgehead atoms. The number of ether oxygens (including phenoxy) is 1. The maximum atomic E-state index is 11.7. The molecule has 1 aromatic heterocycles. The number of unbranched alkanes of at least 4 members (excludes halogenated alkanes) is 1. The van der Waals surface area contributed by atoms with Gasteiger partial charge in [-0.2, -0.15) is 0 Å². The number of hydrogen-bond donors (Lipinski definition) is 1. The number of halogens is 1. The molecule has 0 aliphatic heterocycles. The fourth-order valence-corrected chi connectivity index (χ4v) is 7.83. The minimum absolute atomic E-state index is 0.109. The Balaban J connectivity index is 2.03. The first-order valence-electron chi connectivity index (χ1n) is 13.7. The summed E-state index contributed by atoms with van der Waals surface area (Å²) in [7, 11) is -0.564. The van der Waals surface area contributed by atoms with E-state index in [4.69, 9.17) is 20.8 Å². The van der Waals surface area contributed by atoms with Gasteiger partial charge in [0.05, 0.1) is 19.3 Å². The summed E-state index contributed by atoms with van der Waals surface area (Å²) < 4.78 is 11.5. The zero-order chi connectivity index (χ0) is 27.1. The van der Waals surface area contributed by atoms with Gasteiger partial charge in [-0.1, -0.05) is 59.6 Å². The van der Waals surface area contributed by atoms with Gasteiger partial charge in [0.15, 0.2) is 8.32 Å². The van der Waals surface area contributed by atoms with Crippen molar-refractivity contribution in [3.63, 3.8) is 0 Å². The number of alkyl halides is 1. The molecular formula is C29H49ClO4SSi. The van der Waals surface area contributed by atoms with Crippen molar-refractivity contribution in [3.8, 4) is 0 Å². The fraction of sp³-hybridized carbons (Fsp3) is 0.759. The van der Waals surface area contributed by atoms with Gasteiger partial charge in [-0.15, -0.1) is 22.9 Å². The fourth-order valence-electron chi connectivity index (χ4n) is 4.92. The van der Waals surface area contributed by atoms with Crippen molar-refractivity contribution in [2.45, 2.75) is 115 Å². The number of carbonyl (C=O) groups is 1. The number of methoxy groups -OCH3 is 1. The summed E-state index contributed by atoms with van der Waals surface area (Å²) in [6.45, 7) is 15.7. The SMILES string of the molecule is CCCCC(O[Si](C)(C)C(C)(C)C)[C@H](O)/C=C/[C@@H]1[C@@H](CCCc2ccc(C(=O)OC)s2)[C@H](Cl)C[C@H]1C. The third-order valence-corrected chi connectivity index (χ3v) is 14.4. The average Bonchev–Trinajstić information content (AvgIpc) is 3.37. The van der Waals surface area contributed by atoms with E-state index in [2.05, 4.69) is 53.8 Å². The standard InChI is InChI=1S/C29H49ClO4SSi/c1-9-10-14-26(34-36(7,8)29(3,4)5)25(31)17-16-22-20(2)19-24(30)23(22)13-11-12-21-15-18-27(35-21)28(32)33-6/h15-18,20,22-26,31H,9-14,19H2,1-8H3/b17-16+/t20-,22+,23-,24-,25-,26?/m1/s1. The first-order chi connectivity index (χ1) is 16.8. The van der Waals surface area contributed by atoms with Crippen LogP contribution >= 0.6 is 22.9 Å². The predicted octanol–water partition coefficient (Wildman–Crippen LogP) is 8.23. The highest BCUT2D eigenvalue weighted by atomic mass is 35.5. The second-order valence-corrected chi connectivity index (χ2v) is 18.5. The third-order valence-electron chi connectivity index (χ3n) is 8.23. The van der Waals surface area contributed by atoms with Gasteiger partial charge in [0.2, 0.25) is 0 Å². The second-order valence-electron chi connectivity index (χ2n) is 12.1. The minimum atomic E-state index is -1.98. The lowest BCUT2D eigenvalue weighted by atomic mass is 9.86. The van der Waals surface area contributed by atoms with Gasteiger partial charge in [-0.25, -0.2) is 4.79 Å². The lowest BCUT2D eigenvalue weighted by Gasteiger charge is -2.40. The number of aliphatic hydroxyl groups is 1. The molecule has 1 fully saturated rings. The van der Waals surface area contributed by atoms with E-state index >= 15 is 0 Å². The van der Waals surface area contributed by atoms with Gasteiger partial charge < -0.3 is 14.3 Å². The van der Waals surface area contributed by atoms with E-state index in [1.54, 1.807) is 0 Å². The van der Waals surface area contributed by atoms with Gasteiger partial charge in [-0.05, 0) is 80.1 Å². The zero-order valence-electron chi connectivity index (χ0n) is 23.7. The normalized spacial score (nSPS) is 24.8. The van der Waals surface area contributed by atoms with Crippen LogP contribution in [0.2, 0.25) is 18.1 Å². The first kappa shape index (κ1) is 31.6. The van der Waals surface area contributed by atoms with E-state index in [1.807, 2.05) is 18.2 Å². The molecule has 1 N–H and O–H groups in total. The summed E-state index contributed by atoms with van der Waals surface area (Å²) >= 11 is 8.34. The molecule has 1 aromatic rings. The number of allylic oxidation sites excluding steroid dienone is 1. The summed E-state index contributed by atoms with van der Waals surface area (Å²) in [6.07, 6.45) is 10.5. The molecule has 206 valence electrons. The number of thiophene rings is 1. The van der Waals surface area contributed by atoms with Crippen molar-refractivity contribution in [2.75, 3.05) is 7.11 Å². The van der Waals surface area contributed by atoms with Crippen molar-refractivity contribution in [1.29, 1.82) is 0 Å². The Morgan fingerprint density at radius 3 is 2.61 bits per heavy atom. The molecule has 1 unspecified atom stereocenters. The molecule has 0 radical (unpaired) electrons. The van der Waals surface area contributed by atoms with Crippen LogP contribution in [0.25, 0.3) is 0 Å². The molecule has 0 amide bonds.